The summed E-state index contributed by atoms with van der Waals surface area (Å²) in [6.45, 7) is 3.55. The molecule has 1 aromatic carbocycles. The highest BCUT2D eigenvalue weighted by molar-refractivity contribution is 7.88. The third-order valence-electron chi connectivity index (χ3n) is 4.71. The minimum absolute atomic E-state index is 0.0153. The first-order valence-corrected chi connectivity index (χ1v) is 10.7. The molecule has 150 valence electrons. The van der Waals surface area contributed by atoms with E-state index in [2.05, 4.69) is 0 Å². The standard InChI is InChI=1S/C18H26FN3O4S/c1-15(23)20-11-13-21(14-12-20)18(24)8-10-22(27(2,25)26)9-7-16-5-3-4-6-17(16)19/h3-6H,7-14H2,1-2H3. The molecule has 0 saturated carbocycles. The molecule has 0 aromatic heterocycles. The molecule has 2 amide bonds. The van der Waals surface area contributed by atoms with Crippen LogP contribution < -0.4 is 0 Å². The summed E-state index contributed by atoms with van der Waals surface area (Å²) in [6, 6.07) is 6.24. The summed E-state index contributed by atoms with van der Waals surface area (Å²) in [5, 5.41) is 0. The SMILES string of the molecule is CC(=O)N1CCN(C(=O)CCN(CCc2ccccc2F)S(C)(=O)=O)CC1. The van der Waals surface area contributed by atoms with Crippen molar-refractivity contribution in [2.75, 3.05) is 45.5 Å². The number of benzene rings is 1. The lowest BCUT2D eigenvalue weighted by Gasteiger charge is -2.34. The third kappa shape index (κ3) is 6.28. The Kier molecular flexibility index (Phi) is 7.32. The molecule has 7 nitrogen and oxygen atoms in total. The van der Waals surface area contributed by atoms with Crippen molar-refractivity contribution in [1.82, 2.24) is 14.1 Å². The quantitative estimate of drug-likeness (QED) is 0.677. The van der Waals surface area contributed by atoms with Crippen LogP contribution >= 0.6 is 0 Å². The van der Waals surface area contributed by atoms with E-state index < -0.39 is 10.0 Å². The Labute approximate surface area is 159 Å². The smallest absolute Gasteiger partial charge is 0.224 e. The highest BCUT2D eigenvalue weighted by atomic mass is 32.2. The average Bonchev–Trinajstić information content (AvgIpc) is 2.61. The van der Waals surface area contributed by atoms with Crippen LogP contribution in [0.2, 0.25) is 0 Å². The maximum absolute atomic E-state index is 13.7. The normalized spacial score (nSPS) is 15.3. The Morgan fingerprint density at radius 3 is 2.22 bits per heavy atom. The molecule has 1 aliphatic heterocycles. The molecule has 1 fully saturated rings. The van der Waals surface area contributed by atoms with Gasteiger partial charge in [-0.3, -0.25) is 9.59 Å². The molecule has 1 aliphatic rings. The van der Waals surface area contributed by atoms with E-state index in [9.17, 15) is 22.4 Å². The van der Waals surface area contributed by atoms with Crippen molar-refractivity contribution in [2.24, 2.45) is 0 Å². The van der Waals surface area contributed by atoms with Gasteiger partial charge in [0.05, 0.1) is 6.26 Å². The summed E-state index contributed by atoms with van der Waals surface area (Å²) >= 11 is 0. The fraction of sp³-hybridized carbons (Fsp3) is 0.556. The highest BCUT2D eigenvalue weighted by Crippen LogP contribution is 2.11. The number of hydrogen-bond donors (Lipinski definition) is 0. The predicted molar refractivity (Wildman–Crippen MR) is 100.0 cm³/mol. The number of halogens is 1. The maximum Gasteiger partial charge on any atom is 0.224 e. The number of hydrogen-bond acceptors (Lipinski definition) is 4. The van der Waals surface area contributed by atoms with Crippen LogP contribution in [0.25, 0.3) is 0 Å². The van der Waals surface area contributed by atoms with Gasteiger partial charge in [-0.25, -0.2) is 17.1 Å². The second kappa shape index (κ2) is 9.27. The van der Waals surface area contributed by atoms with E-state index in [-0.39, 0.29) is 43.6 Å². The van der Waals surface area contributed by atoms with Crippen molar-refractivity contribution in [3.8, 4) is 0 Å². The lowest BCUT2D eigenvalue weighted by molar-refractivity contribution is -0.138. The first-order chi connectivity index (χ1) is 12.7. The minimum atomic E-state index is -3.51. The molecule has 0 aliphatic carbocycles. The van der Waals surface area contributed by atoms with Crippen LogP contribution in [0.15, 0.2) is 24.3 Å². The molecule has 0 N–H and O–H groups in total. The zero-order valence-electron chi connectivity index (χ0n) is 15.7. The summed E-state index contributed by atoms with van der Waals surface area (Å²) in [4.78, 5) is 27.0. The molecule has 0 radical (unpaired) electrons. The summed E-state index contributed by atoms with van der Waals surface area (Å²) in [5.74, 6) is -0.526. The highest BCUT2D eigenvalue weighted by Gasteiger charge is 2.24. The van der Waals surface area contributed by atoms with Crippen LogP contribution in [0.4, 0.5) is 4.39 Å². The zero-order valence-corrected chi connectivity index (χ0v) is 16.5. The van der Waals surface area contributed by atoms with Crippen LogP contribution in [0.5, 0.6) is 0 Å². The number of sulfonamides is 1. The summed E-state index contributed by atoms with van der Waals surface area (Å²) in [5.41, 5.74) is 0.442. The minimum Gasteiger partial charge on any atom is -0.339 e. The second-order valence-electron chi connectivity index (χ2n) is 6.64. The van der Waals surface area contributed by atoms with Gasteiger partial charge in [0.15, 0.2) is 0 Å². The van der Waals surface area contributed by atoms with Gasteiger partial charge in [0.2, 0.25) is 21.8 Å². The van der Waals surface area contributed by atoms with Gasteiger partial charge in [-0.05, 0) is 18.1 Å². The van der Waals surface area contributed by atoms with E-state index in [4.69, 9.17) is 0 Å². The Morgan fingerprint density at radius 2 is 1.67 bits per heavy atom. The number of nitrogens with zero attached hydrogens (tertiary/aromatic N) is 3. The van der Waals surface area contributed by atoms with Crippen molar-refractivity contribution in [2.45, 2.75) is 19.8 Å². The van der Waals surface area contributed by atoms with Gasteiger partial charge in [-0.15, -0.1) is 0 Å². The lowest BCUT2D eigenvalue weighted by atomic mass is 10.1. The number of carbonyl (C=O) groups is 2. The molecule has 0 spiro atoms. The fourth-order valence-corrected chi connectivity index (χ4v) is 3.88. The van der Waals surface area contributed by atoms with Gasteiger partial charge in [0, 0.05) is 52.6 Å². The van der Waals surface area contributed by atoms with Crippen molar-refractivity contribution < 1.29 is 22.4 Å². The van der Waals surface area contributed by atoms with Gasteiger partial charge < -0.3 is 9.80 Å². The van der Waals surface area contributed by atoms with Crippen molar-refractivity contribution in [3.05, 3.63) is 35.6 Å². The molecule has 1 heterocycles. The molecule has 0 atom stereocenters. The number of amides is 2. The van der Waals surface area contributed by atoms with E-state index in [1.165, 1.54) is 17.3 Å². The van der Waals surface area contributed by atoms with Gasteiger partial charge in [-0.2, -0.15) is 0 Å². The molecule has 0 unspecified atom stereocenters. The topological polar surface area (TPSA) is 78.0 Å². The van der Waals surface area contributed by atoms with E-state index in [1.54, 1.807) is 28.0 Å². The first-order valence-electron chi connectivity index (χ1n) is 8.90. The lowest BCUT2D eigenvalue weighted by Crippen LogP contribution is -2.50. The second-order valence-corrected chi connectivity index (χ2v) is 8.62. The van der Waals surface area contributed by atoms with Gasteiger partial charge in [0.25, 0.3) is 0 Å². The summed E-state index contributed by atoms with van der Waals surface area (Å²) in [7, 11) is -3.51. The fourth-order valence-electron chi connectivity index (χ4n) is 3.04. The molecular weight excluding hydrogens is 373 g/mol. The summed E-state index contributed by atoms with van der Waals surface area (Å²) in [6.07, 6.45) is 1.39. The maximum atomic E-state index is 13.7. The Morgan fingerprint density at radius 1 is 1.07 bits per heavy atom. The van der Waals surface area contributed by atoms with E-state index >= 15 is 0 Å². The first kappa shape index (κ1) is 21.3. The summed E-state index contributed by atoms with van der Waals surface area (Å²) < 4.78 is 39.0. The van der Waals surface area contributed by atoms with Crippen LogP contribution in [-0.4, -0.2) is 79.9 Å². The van der Waals surface area contributed by atoms with Crippen LogP contribution in [0.1, 0.15) is 18.9 Å². The number of rotatable bonds is 7. The Hall–Kier alpha value is -2.00. The molecule has 1 aromatic rings. The molecule has 9 heteroatoms. The average molecular weight is 399 g/mol. The van der Waals surface area contributed by atoms with E-state index in [0.29, 0.717) is 31.7 Å². The third-order valence-corrected chi connectivity index (χ3v) is 6.01. The zero-order chi connectivity index (χ0) is 20.0. The van der Waals surface area contributed by atoms with Gasteiger partial charge >= 0.3 is 0 Å². The number of piperazine rings is 1. The van der Waals surface area contributed by atoms with Gasteiger partial charge in [-0.1, -0.05) is 18.2 Å². The van der Waals surface area contributed by atoms with Crippen LogP contribution in [0.3, 0.4) is 0 Å². The van der Waals surface area contributed by atoms with Crippen molar-refractivity contribution >= 4 is 21.8 Å². The molecule has 2 rings (SSSR count). The van der Waals surface area contributed by atoms with Crippen molar-refractivity contribution in [1.29, 1.82) is 0 Å². The Bertz CT molecular complexity index is 777. The van der Waals surface area contributed by atoms with Gasteiger partial charge in [0.1, 0.15) is 5.82 Å². The Balaban J connectivity index is 1.88. The van der Waals surface area contributed by atoms with E-state index in [0.717, 1.165) is 6.26 Å². The van der Waals surface area contributed by atoms with Crippen molar-refractivity contribution in [3.63, 3.8) is 0 Å². The predicted octanol–water partition coefficient (Wildman–Crippen LogP) is 0.711. The van der Waals surface area contributed by atoms with Crippen LogP contribution in [-0.2, 0) is 26.0 Å². The van der Waals surface area contributed by atoms with Crippen LogP contribution in [0, 0.1) is 5.82 Å². The molecule has 27 heavy (non-hydrogen) atoms. The molecular formula is C18H26FN3O4S. The largest absolute Gasteiger partial charge is 0.339 e. The monoisotopic (exact) mass is 399 g/mol. The van der Waals surface area contributed by atoms with E-state index in [1.807, 2.05) is 0 Å². The number of carbonyl (C=O) groups excluding carboxylic acids is 2. The molecule has 0 bridgehead atoms. The molecule has 1 saturated heterocycles.